The van der Waals surface area contributed by atoms with Crippen LogP contribution in [0.3, 0.4) is 0 Å². The SMILES string of the molecule is C=Cc1cnc(N2CCC(=O)CC2)c(C)c1. The lowest BCUT2D eigenvalue weighted by molar-refractivity contribution is -0.119. The van der Waals surface area contributed by atoms with Crippen molar-refractivity contribution >= 4 is 17.7 Å². The molecule has 0 unspecified atom stereocenters. The van der Waals surface area contributed by atoms with Gasteiger partial charge in [0.25, 0.3) is 0 Å². The summed E-state index contributed by atoms with van der Waals surface area (Å²) in [4.78, 5) is 17.8. The van der Waals surface area contributed by atoms with Crippen LogP contribution in [0.4, 0.5) is 5.82 Å². The van der Waals surface area contributed by atoms with E-state index < -0.39 is 0 Å². The summed E-state index contributed by atoms with van der Waals surface area (Å²) in [6.45, 7) is 7.36. The Hall–Kier alpha value is -1.64. The second kappa shape index (κ2) is 4.47. The van der Waals surface area contributed by atoms with Gasteiger partial charge in [-0.25, -0.2) is 4.98 Å². The Bertz CT molecular complexity index is 416. The van der Waals surface area contributed by atoms with Crippen molar-refractivity contribution in [2.24, 2.45) is 0 Å². The normalized spacial score (nSPS) is 16.3. The number of aryl methyl sites for hydroxylation is 1. The molecule has 3 nitrogen and oxygen atoms in total. The van der Waals surface area contributed by atoms with Crippen molar-refractivity contribution in [3.05, 3.63) is 30.0 Å². The highest BCUT2D eigenvalue weighted by atomic mass is 16.1. The van der Waals surface area contributed by atoms with Gasteiger partial charge in [-0.15, -0.1) is 0 Å². The minimum Gasteiger partial charge on any atom is -0.356 e. The molecular formula is C13H16N2O. The third kappa shape index (κ3) is 2.13. The van der Waals surface area contributed by atoms with Crippen molar-refractivity contribution in [1.82, 2.24) is 4.98 Å². The van der Waals surface area contributed by atoms with Crippen molar-refractivity contribution in [2.45, 2.75) is 19.8 Å². The molecule has 1 saturated heterocycles. The zero-order chi connectivity index (χ0) is 11.5. The molecule has 0 aliphatic carbocycles. The number of rotatable bonds is 2. The second-order valence-electron chi connectivity index (χ2n) is 4.14. The summed E-state index contributed by atoms with van der Waals surface area (Å²) in [7, 11) is 0. The first-order valence-electron chi connectivity index (χ1n) is 5.56. The van der Waals surface area contributed by atoms with E-state index >= 15 is 0 Å². The van der Waals surface area contributed by atoms with Crippen LogP contribution in [0.2, 0.25) is 0 Å². The number of hydrogen-bond acceptors (Lipinski definition) is 3. The van der Waals surface area contributed by atoms with Gasteiger partial charge in [-0.3, -0.25) is 4.79 Å². The summed E-state index contributed by atoms with van der Waals surface area (Å²) >= 11 is 0. The molecule has 2 rings (SSSR count). The third-order valence-electron chi connectivity index (χ3n) is 2.93. The van der Waals surface area contributed by atoms with Gasteiger partial charge in [0.2, 0.25) is 0 Å². The van der Waals surface area contributed by atoms with Crippen molar-refractivity contribution < 1.29 is 4.79 Å². The van der Waals surface area contributed by atoms with Crippen LogP contribution in [-0.2, 0) is 4.79 Å². The molecule has 1 fully saturated rings. The number of ketones is 1. The number of hydrogen-bond donors (Lipinski definition) is 0. The van der Waals surface area contributed by atoms with Crippen LogP contribution in [0.25, 0.3) is 6.08 Å². The molecule has 1 aliphatic heterocycles. The maximum Gasteiger partial charge on any atom is 0.136 e. The molecule has 1 aliphatic rings. The van der Waals surface area contributed by atoms with Gasteiger partial charge >= 0.3 is 0 Å². The molecule has 0 N–H and O–H groups in total. The maximum atomic E-state index is 11.2. The van der Waals surface area contributed by atoms with E-state index in [-0.39, 0.29) is 0 Å². The average Bonchev–Trinajstić information content (AvgIpc) is 2.30. The Morgan fingerprint density at radius 3 is 2.69 bits per heavy atom. The van der Waals surface area contributed by atoms with Gasteiger partial charge in [-0.2, -0.15) is 0 Å². The van der Waals surface area contributed by atoms with Crippen LogP contribution >= 0.6 is 0 Å². The molecule has 0 atom stereocenters. The topological polar surface area (TPSA) is 33.2 Å². The second-order valence-corrected chi connectivity index (χ2v) is 4.14. The lowest BCUT2D eigenvalue weighted by atomic mass is 10.1. The Morgan fingerprint density at radius 2 is 2.12 bits per heavy atom. The molecule has 0 radical (unpaired) electrons. The van der Waals surface area contributed by atoms with E-state index in [4.69, 9.17) is 0 Å². The van der Waals surface area contributed by atoms with Crippen molar-refractivity contribution in [2.75, 3.05) is 18.0 Å². The third-order valence-corrected chi connectivity index (χ3v) is 2.93. The number of anilines is 1. The van der Waals surface area contributed by atoms with Gasteiger partial charge < -0.3 is 4.90 Å². The van der Waals surface area contributed by atoms with E-state index in [1.807, 2.05) is 13.1 Å². The molecule has 0 aromatic carbocycles. The smallest absolute Gasteiger partial charge is 0.136 e. The predicted molar refractivity (Wildman–Crippen MR) is 65.5 cm³/mol. The lowest BCUT2D eigenvalue weighted by Crippen LogP contribution is -2.34. The summed E-state index contributed by atoms with van der Waals surface area (Å²) < 4.78 is 0. The van der Waals surface area contributed by atoms with Crippen LogP contribution in [-0.4, -0.2) is 23.9 Å². The summed E-state index contributed by atoms with van der Waals surface area (Å²) in [6, 6.07) is 2.08. The maximum absolute atomic E-state index is 11.2. The van der Waals surface area contributed by atoms with Gasteiger partial charge in [-0.1, -0.05) is 12.7 Å². The molecule has 1 aromatic rings. The Kier molecular flexibility index (Phi) is 3.04. The fourth-order valence-corrected chi connectivity index (χ4v) is 2.00. The van der Waals surface area contributed by atoms with E-state index in [1.54, 1.807) is 6.08 Å². The fourth-order valence-electron chi connectivity index (χ4n) is 2.00. The number of carbonyl (C=O) groups excluding carboxylic acids is 1. The molecule has 84 valence electrons. The Labute approximate surface area is 95.8 Å². The Morgan fingerprint density at radius 1 is 1.44 bits per heavy atom. The van der Waals surface area contributed by atoms with E-state index in [0.717, 1.165) is 30.0 Å². The van der Waals surface area contributed by atoms with Crippen molar-refractivity contribution in [1.29, 1.82) is 0 Å². The number of carbonyl (C=O) groups is 1. The summed E-state index contributed by atoms with van der Waals surface area (Å²) in [5.74, 6) is 1.36. The molecule has 0 amide bonds. The molecule has 3 heteroatoms. The summed E-state index contributed by atoms with van der Waals surface area (Å²) in [6.07, 6.45) is 4.91. The van der Waals surface area contributed by atoms with Gasteiger partial charge in [-0.05, 0) is 24.1 Å². The van der Waals surface area contributed by atoms with Gasteiger partial charge in [0.1, 0.15) is 11.6 Å². The van der Waals surface area contributed by atoms with Crippen LogP contribution in [0.1, 0.15) is 24.0 Å². The molecule has 16 heavy (non-hydrogen) atoms. The largest absolute Gasteiger partial charge is 0.356 e. The van der Waals surface area contributed by atoms with Crippen molar-refractivity contribution in [3.8, 4) is 0 Å². The van der Waals surface area contributed by atoms with Crippen LogP contribution in [0.15, 0.2) is 18.8 Å². The number of nitrogens with zero attached hydrogens (tertiary/aromatic N) is 2. The standard InChI is InChI=1S/C13H16N2O/c1-3-11-8-10(2)13(14-9-11)15-6-4-12(16)5-7-15/h3,8-9H,1,4-7H2,2H3. The monoisotopic (exact) mass is 216 g/mol. The predicted octanol–water partition coefficient (Wildman–Crippen LogP) is 2.20. The number of aromatic nitrogens is 1. The highest BCUT2D eigenvalue weighted by molar-refractivity contribution is 5.81. The number of Topliss-reactive ketones (excluding diaryl/α,β-unsaturated/α-hetero) is 1. The first-order chi connectivity index (χ1) is 7.70. The first kappa shape index (κ1) is 10.9. The zero-order valence-corrected chi connectivity index (χ0v) is 9.57. The molecule has 0 bridgehead atoms. The van der Waals surface area contributed by atoms with Crippen LogP contribution in [0.5, 0.6) is 0 Å². The highest BCUT2D eigenvalue weighted by Gasteiger charge is 2.18. The quantitative estimate of drug-likeness (QED) is 0.760. The van der Waals surface area contributed by atoms with Crippen LogP contribution < -0.4 is 4.90 Å². The minimum absolute atomic E-state index is 0.358. The van der Waals surface area contributed by atoms with E-state index in [1.165, 1.54) is 0 Å². The number of pyridine rings is 1. The fraction of sp³-hybridized carbons (Fsp3) is 0.385. The molecule has 1 aromatic heterocycles. The van der Waals surface area contributed by atoms with Gasteiger partial charge in [0.05, 0.1) is 0 Å². The van der Waals surface area contributed by atoms with E-state index in [0.29, 0.717) is 18.6 Å². The first-order valence-corrected chi connectivity index (χ1v) is 5.56. The van der Waals surface area contributed by atoms with Gasteiger partial charge in [0.15, 0.2) is 0 Å². The molecule has 2 heterocycles. The summed E-state index contributed by atoms with van der Waals surface area (Å²) in [5, 5.41) is 0. The zero-order valence-electron chi connectivity index (χ0n) is 9.57. The Balaban J connectivity index is 2.20. The van der Waals surface area contributed by atoms with E-state index in [9.17, 15) is 4.79 Å². The van der Waals surface area contributed by atoms with E-state index in [2.05, 4.69) is 22.5 Å². The van der Waals surface area contributed by atoms with Crippen LogP contribution in [0, 0.1) is 6.92 Å². The number of piperidine rings is 1. The summed E-state index contributed by atoms with van der Waals surface area (Å²) in [5.41, 5.74) is 2.18. The lowest BCUT2D eigenvalue weighted by Gasteiger charge is -2.28. The molecule has 0 saturated carbocycles. The highest BCUT2D eigenvalue weighted by Crippen LogP contribution is 2.21. The van der Waals surface area contributed by atoms with Gasteiger partial charge in [0, 0.05) is 32.1 Å². The van der Waals surface area contributed by atoms with Crippen molar-refractivity contribution in [3.63, 3.8) is 0 Å². The molecule has 0 spiro atoms. The minimum atomic E-state index is 0.358. The average molecular weight is 216 g/mol. The molecular weight excluding hydrogens is 200 g/mol.